The lowest BCUT2D eigenvalue weighted by atomic mass is 10.1. The zero-order valence-corrected chi connectivity index (χ0v) is 36.7. The maximum atomic E-state index is 11.5. The van der Waals surface area contributed by atoms with E-state index in [2.05, 4.69) is 12.2 Å². The maximum Gasteiger partial charge on any atom is 0.407 e. The van der Waals surface area contributed by atoms with Gasteiger partial charge in [0.05, 0.1) is 152 Å². The van der Waals surface area contributed by atoms with E-state index in [0.29, 0.717) is 159 Å². The number of amides is 1. The third kappa shape index (κ3) is 52.8. The molecule has 57 heavy (non-hydrogen) atoms. The normalized spacial score (nSPS) is 11.8. The van der Waals surface area contributed by atoms with Gasteiger partial charge in [-0.15, -0.1) is 0 Å². The number of carbonyl (C=O) groups excluding carboxylic acids is 1. The number of hydrogen-bond donors (Lipinski definition) is 1. The topological polar surface area (TPSA) is 149 Å². The Morgan fingerprint density at radius 3 is 0.825 bits per heavy atom. The summed E-state index contributed by atoms with van der Waals surface area (Å²) in [7, 11) is 0. The van der Waals surface area contributed by atoms with Crippen LogP contribution in [0.1, 0.15) is 98.3 Å². The lowest BCUT2D eigenvalue weighted by molar-refractivity contribution is -0.0283. The van der Waals surface area contributed by atoms with E-state index in [1.807, 2.05) is 20.8 Å². The molecule has 0 aromatic heterocycles. The van der Waals surface area contributed by atoms with Crippen LogP contribution in [-0.4, -0.2) is 177 Å². The molecule has 0 bridgehead atoms. The van der Waals surface area contributed by atoms with Crippen molar-refractivity contribution < 1.29 is 66.4 Å². The number of hydrogen-bond acceptors (Lipinski definition) is 14. The van der Waals surface area contributed by atoms with Gasteiger partial charge in [0.15, 0.2) is 0 Å². The van der Waals surface area contributed by atoms with Crippen molar-refractivity contribution in [2.45, 2.75) is 104 Å². The number of carbonyl (C=O) groups is 1. The van der Waals surface area contributed by atoms with Crippen LogP contribution < -0.4 is 5.32 Å². The molecule has 0 aromatic carbocycles. The second-order valence-corrected chi connectivity index (χ2v) is 14.3. The Bertz CT molecular complexity index is 778. The minimum Gasteiger partial charge on any atom is -0.444 e. The van der Waals surface area contributed by atoms with Gasteiger partial charge in [0.2, 0.25) is 0 Å². The van der Waals surface area contributed by atoms with Crippen molar-refractivity contribution in [2.75, 3.05) is 165 Å². The van der Waals surface area contributed by atoms with Gasteiger partial charge in [-0.3, -0.25) is 0 Å². The standard InChI is InChI=1S/C42H85NO14/c1-5-6-7-8-9-10-11-12-13-14-15-17-45-19-21-47-23-25-49-27-29-51-31-33-53-35-37-55-39-40-56-38-36-54-34-32-52-30-28-50-26-24-48-22-20-46-18-16-43-41(44)57-42(2,3)4/h5-40H2,1-4H3,(H,43,44). The molecule has 0 aliphatic carbocycles. The van der Waals surface area contributed by atoms with Gasteiger partial charge in [0.1, 0.15) is 5.60 Å². The monoisotopic (exact) mass is 828 g/mol. The maximum absolute atomic E-state index is 11.5. The van der Waals surface area contributed by atoms with E-state index in [4.69, 9.17) is 61.6 Å². The number of ether oxygens (including phenoxy) is 13. The summed E-state index contributed by atoms with van der Waals surface area (Å²) < 4.78 is 71.3. The number of alkyl carbamates (subject to hydrolysis) is 1. The van der Waals surface area contributed by atoms with E-state index in [-0.39, 0.29) is 0 Å². The lowest BCUT2D eigenvalue weighted by Gasteiger charge is -2.19. The van der Waals surface area contributed by atoms with Crippen LogP contribution in [0.25, 0.3) is 0 Å². The Kier molecular flexibility index (Phi) is 46.5. The van der Waals surface area contributed by atoms with Crippen LogP contribution in [0.15, 0.2) is 0 Å². The molecule has 0 unspecified atom stereocenters. The SMILES string of the molecule is CCCCCCCCCCCCCOCCOCCOCCOCCOCCOCCOCCOCCOCCOCCOCCOCCNC(=O)OC(C)(C)C. The average Bonchev–Trinajstić information content (AvgIpc) is 3.18. The van der Waals surface area contributed by atoms with Crippen LogP contribution in [-0.2, 0) is 61.6 Å². The summed E-state index contributed by atoms with van der Waals surface area (Å²) >= 11 is 0. The smallest absolute Gasteiger partial charge is 0.407 e. The molecule has 0 saturated carbocycles. The number of unbranched alkanes of at least 4 members (excludes halogenated alkanes) is 10. The summed E-state index contributed by atoms with van der Waals surface area (Å²) in [5.41, 5.74) is -0.512. The Hall–Kier alpha value is -1.21. The minimum absolute atomic E-state index is 0.383. The van der Waals surface area contributed by atoms with Crippen LogP contribution in [0.2, 0.25) is 0 Å². The molecule has 0 aromatic rings. The van der Waals surface area contributed by atoms with Crippen LogP contribution >= 0.6 is 0 Å². The molecule has 342 valence electrons. The third-order valence-electron chi connectivity index (χ3n) is 7.90. The van der Waals surface area contributed by atoms with Gasteiger partial charge >= 0.3 is 6.09 Å². The first-order valence-corrected chi connectivity index (χ1v) is 21.9. The van der Waals surface area contributed by atoms with E-state index >= 15 is 0 Å². The van der Waals surface area contributed by atoms with Gasteiger partial charge in [-0.25, -0.2) is 4.79 Å². The second-order valence-electron chi connectivity index (χ2n) is 14.3. The van der Waals surface area contributed by atoms with Crippen molar-refractivity contribution >= 4 is 6.09 Å². The molecule has 0 rings (SSSR count). The fourth-order valence-corrected chi connectivity index (χ4v) is 4.93. The van der Waals surface area contributed by atoms with Crippen LogP contribution in [0.5, 0.6) is 0 Å². The highest BCUT2D eigenvalue weighted by Crippen LogP contribution is 2.11. The van der Waals surface area contributed by atoms with Crippen molar-refractivity contribution in [3.05, 3.63) is 0 Å². The predicted octanol–water partition coefficient (Wildman–Crippen LogP) is 6.02. The van der Waals surface area contributed by atoms with Gasteiger partial charge < -0.3 is 66.9 Å². The fraction of sp³-hybridized carbons (Fsp3) is 0.976. The summed E-state index contributed by atoms with van der Waals surface area (Å²) in [6, 6.07) is 0. The molecule has 15 nitrogen and oxygen atoms in total. The fourth-order valence-electron chi connectivity index (χ4n) is 4.93. The first-order valence-electron chi connectivity index (χ1n) is 21.9. The molecule has 0 radical (unpaired) electrons. The summed E-state index contributed by atoms with van der Waals surface area (Å²) in [4.78, 5) is 11.5. The van der Waals surface area contributed by atoms with Gasteiger partial charge in [-0.1, -0.05) is 71.1 Å². The number of rotatable bonds is 48. The Balaban J connectivity index is 3.09. The van der Waals surface area contributed by atoms with Crippen molar-refractivity contribution in [1.29, 1.82) is 0 Å². The van der Waals surface area contributed by atoms with Crippen LogP contribution in [0, 0.1) is 0 Å². The van der Waals surface area contributed by atoms with E-state index in [1.54, 1.807) is 0 Å². The zero-order valence-electron chi connectivity index (χ0n) is 36.7. The van der Waals surface area contributed by atoms with E-state index in [1.165, 1.54) is 64.2 Å². The molecule has 1 N–H and O–H groups in total. The molecule has 0 heterocycles. The molecule has 0 atom stereocenters. The van der Waals surface area contributed by atoms with Crippen molar-refractivity contribution in [3.63, 3.8) is 0 Å². The number of nitrogens with one attached hydrogen (secondary N) is 1. The van der Waals surface area contributed by atoms with E-state index in [9.17, 15) is 4.79 Å². The van der Waals surface area contributed by atoms with Crippen molar-refractivity contribution in [1.82, 2.24) is 5.32 Å². The van der Waals surface area contributed by atoms with Crippen molar-refractivity contribution in [3.8, 4) is 0 Å². The summed E-state index contributed by atoms with van der Waals surface area (Å²) in [5.74, 6) is 0. The van der Waals surface area contributed by atoms with Crippen LogP contribution in [0.4, 0.5) is 4.79 Å². The Morgan fingerprint density at radius 1 is 0.333 bits per heavy atom. The average molecular weight is 828 g/mol. The molecule has 15 heteroatoms. The molecule has 0 fully saturated rings. The van der Waals surface area contributed by atoms with Gasteiger partial charge in [-0.2, -0.15) is 0 Å². The minimum atomic E-state index is -0.512. The lowest BCUT2D eigenvalue weighted by Crippen LogP contribution is -2.34. The molecular weight excluding hydrogens is 742 g/mol. The van der Waals surface area contributed by atoms with Gasteiger partial charge in [-0.05, 0) is 27.2 Å². The zero-order chi connectivity index (χ0) is 41.4. The Morgan fingerprint density at radius 2 is 0.561 bits per heavy atom. The first-order chi connectivity index (χ1) is 28.0. The highest BCUT2D eigenvalue weighted by atomic mass is 16.6. The van der Waals surface area contributed by atoms with E-state index in [0.717, 1.165) is 13.0 Å². The Labute approximate surface area is 346 Å². The largest absolute Gasteiger partial charge is 0.444 e. The highest BCUT2D eigenvalue weighted by molar-refractivity contribution is 5.67. The third-order valence-corrected chi connectivity index (χ3v) is 7.90. The summed E-state index contributed by atoms with van der Waals surface area (Å²) in [6.45, 7) is 20.6. The van der Waals surface area contributed by atoms with Gasteiger partial charge in [0, 0.05) is 13.2 Å². The van der Waals surface area contributed by atoms with Crippen LogP contribution in [0.3, 0.4) is 0 Å². The van der Waals surface area contributed by atoms with E-state index < -0.39 is 11.7 Å². The van der Waals surface area contributed by atoms with Crippen molar-refractivity contribution in [2.24, 2.45) is 0 Å². The molecule has 0 aliphatic rings. The molecule has 0 spiro atoms. The molecular formula is C42H85NO14. The second kappa shape index (κ2) is 47.5. The molecule has 0 aliphatic heterocycles. The summed E-state index contributed by atoms with van der Waals surface area (Å²) in [5, 5.41) is 2.63. The quantitative estimate of drug-likeness (QED) is 0.0713. The van der Waals surface area contributed by atoms with Gasteiger partial charge in [0.25, 0.3) is 0 Å². The molecule has 1 amide bonds. The predicted molar refractivity (Wildman–Crippen MR) is 221 cm³/mol. The molecule has 0 saturated heterocycles. The summed E-state index contributed by atoms with van der Waals surface area (Å²) in [6.07, 6.45) is 14.4. The first kappa shape index (κ1) is 55.8. The highest BCUT2D eigenvalue weighted by Gasteiger charge is 2.15.